The smallest absolute Gasteiger partial charge is 0.356 e. The Morgan fingerprint density at radius 1 is 1.43 bits per heavy atom. The van der Waals surface area contributed by atoms with Crippen molar-refractivity contribution in [1.29, 1.82) is 0 Å². The zero-order valence-corrected chi connectivity index (χ0v) is 13.7. The minimum absolute atomic E-state index is 0.320. The van der Waals surface area contributed by atoms with Crippen LogP contribution in [0.3, 0.4) is 0 Å². The van der Waals surface area contributed by atoms with Gasteiger partial charge in [0.1, 0.15) is 5.69 Å². The standard InChI is InChI=1S/C15H13ClN4O2S/c1-22-14(21)13-6-12(19-20-13)9-3-2-4-10(5-9)17-7-11-8-18-15(16)23-11/h2-6,8,17H,7H2,1H3,(H,19,20). The number of aromatic nitrogens is 3. The fourth-order valence-electron chi connectivity index (χ4n) is 2.03. The Bertz CT molecular complexity index is 830. The van der Waals surface area contributed by atoms with Gasteiger partial charge in [-0.15, -0.1) is 11.3 Å². The van der Waals surface area contributed by atoms with Crippen LogP contribution in [0, 0.1) is 0 Å². The van der Waals surface area contributed by atoms with Crippen LogP contribution in [-0.4, -0.2) is 28.3 Å². The van der Waals surface area contributed by atoms with Crippen molar-refractivity contribution in [3.05, 3.63) is 51.6 Å². The van der Waals surface area contributed by atoms with Crippen LogP contribution in [0.2, 0.25) is 4.47 Å². The molecule has 2 N–H and O–H groups in total. The first-order valence-electron chi connectivity index (χ1n) is 6.74. The van der Waals surface area contributed by atoms with E-state index in [4.69, 9.17) is 11.6 Å². The minimum Gasteiger partial charge on any atom is -0.464 e. The first-order valence-corrected chi connectivity index (χ1v) is 7.93. The number of carbonyl (C=O) groups excluding carboxylic acids is 1. The number of hydrogen-bond donors (Lipinski definition) is 2. The molecule has 8 heteroatoms. The summed E-state index contributed by atoms with van der Waals surface area (Å²) in [6.07, 6.45) is 1.75. The Kier molecular flexibility index (Phi) is 4.59. The Morgan fingerprint density at radius 3 is 3.04 bits per heavy atom. The third-order valence-corrected chi connectivity index (χ3v) is 4.25. The third kappa shape index (κ3) is 3.69. The lowest BCUT2D eigenvalue weighted by atomic mass is 10.1. The van der Waals surface area contributed by atoms with E-state index in [9.17, 15) is 4.79 Å². The number of esters is 1. The zero-order valence-electron chi connectivity index (χ0n) is 12.2. The van der Waals surface area contributed by atoms with E-state index >= 15 is 0 Å². The number of nitrogens with one attached hydrogen (secondary N) is 2. The van der Waals surface area contributed by atoms with Gasteiger partial charge in [0.25, 0.3) is 0 Å². The molecule has 0 aliphatic heterocycles. The van der Waals surface area contributed by atoms with Crippen LogP contribution in [0.1, 0.15) is 15.4 Å². The lowest BCUT2D eigenvalue weighted by Crippen LogP contribution is -2.00. The molecule has 0 atom stereocenters. The average Bonchev–Trinajstić information content (AvgIpc) is 3.21. The number of ether oxygens (including phenoxy) is 1. The highest BCUT2D eigenvalue weighted by atomic mass is 35.5. The van der Waals surface area contributed by atoms with Gasteiger partial charge >= 0.3 is 5.97 Å². The molecule has 3 aromatic rings. The summed E-state index contributed by atoms with van der Waals surface area (Å²) in [5.74, 6) is -0.444. The summed E-state index contributed by atoms with van der Waals surface area (Å²) in [5.41, 5.74) is 2.83. The normalized spacial score (nSPS) is 10.5. The summed E-state index contributed by atoms with van der Waals surface area (Å²) >= 11 is 7.26. The topological polar surface area (TPSA) is 79.9 Å². The number of thiazole rings is 1. The first kappa shape index (κ1) is 15.5. The van der Waals surface area contributed by atoms with E-state index in [1.807, 2.05) is 24.3 Å². The molecule has 3 rings (SSSR count). The molecule has 0 saturated heterocycles. The molecule has 0 unspecified atom stereocenters. The Hall–Kier alpha value is -2.38. The van der Waals surface area contributed by atoms with Gasteiger partial charge in [-0.25, -0.2) is 9.78 Å². The molecular weight excluding hydrogens is 336 g/mol. The van der Waals surface area contributed by atoms with Gasteiger partial charge in [0.2, 0.25) is 0 Å². The molecule has 1 aromatic carbocycles. The number of aromatic amines is 1. The molecule has 0 spiro atoms. The van der Waals surface area contributed by atoms with Crippen molar-refractivity contribution >= 4 is 34.6 Å². The van der Waals surface area contributed by atoms with Crippen LogP contribution in [0.4, 0.5) is 5.69 Å². The van der Waals surface area contributed by atoms with Gasteiger partial charge in [-0.1, -0.05) is 23.7 Å². The second kappa shape index (κ2) is 6.80. The van der Waals surface area contributed by atoms with Gasteiger partial charge in [-0.2, -0.15) is 5.10 Å². The highest BCUT2D eigenvalue weighted by Crippen LogP contribution is 2.23. The predicted molar refractivity (Wildman–Crippen MR) is 89.8 cm³/mol. The molecule has 0 aliphatic carbocycles. The Balaban J connectivity index is 1.74. The summed E-state index contributed by atoms with van der Waals surface area (Å²) < 4.78 is 5.19. The number of carbonyl (C=O) groups is 1. The highest BCUT2D eigenvalue weighted by molar-refractivity contribution is 7.15. The Morgan fingerprint density at radius 2 is 2.30 bits per heavy atom. The third-order valence-electron chi connectivity index (χ3n) is 3.13. The summed E-state index contributed by atoms with van der Waals surface area (Å²) in [4.78, 5) is 16.5. The molecule has 118 valence electrons. The van der Waals surface area contributed by atoms with Crippen LogP contribution >= 0.6 is 22.9 Å². The number of rotatable bonds is 5. The van der Waals surface area contributed by atoms with E-state index in [2.05, 4.69) is 25.2 Å². The molecule has 0 bridgehead atoms. The predicted octanol–water partition coefficient (Wildman–Crippen LogP) is 3.59. The van der Waals surface area contributed by atoms with Crippen molar-refractivity contribution in [3.8, 4) is 11.3 Å². The molecule has 0 saturated carbocycles. The van der Waals surface area contributed by atoms with Gasteiger partial charge < -0.3 is 10.1 Å². The van der Waals surface area contributed by atoms with Crippen molar-refractivity contribution in [1.82, 2.24) is 15.2 Å². The van der Waals surface area contributed by atoms with E-state index in [1.165, 1.54) is 18.4 Å². The van der Waals surface area contributed by atoms with Crippen molar-refractivity contribution in [2.75, 3.05) is 12.4 Å². The van der Waals surface area contributed by atoms with E-state index in [0.717, 1.165) is 16.1 Å². The maximum absolute atomic E-state index is 11.5. The largest absolute Gasteiger partial charge is 0.464 e. The number of nitrogens with zero attached hydrogens (tertiary/aromatic N) is 2. The van der Waals surface area contributed by atoms with E-state index < -0.39 is 5.97 Å². The zero-order chi connectivity index (χ0) is 16.2. The van der Waals surface area contributed by atoms with Crippen molar-refractivity contribution in [3.63, 3.8) is 0 Å². The number of H-pyrrole nitrogens is 1. The average molecular weight is 349 g/mol. The minimum atomic E-state index is -0.444. The molecule has 0 radical (unpaired) electrons. The van der Waals surface area contributed by atoms with Crippen molar-refractivity contribution in [2.45, 2.75) is 6.54 Å². The lowest BCUT2D eigenvalue weighted by Gasteiger charge is -2.06. The number of methoxy groups -OCH3 is 1. The maximum atomic E-state index is 11.5. The maximum Gasteiger partial charge on any atom is 0.356 e. The SMILES string of the molecule is COC(=O)c1cc(-c2cccc(NCc3cnc(Cl)s3)c2)n[nH]1. The van der Waals surface area contributed by atoms with E-state index in [-0.39, 0.29) is 0 Å². The molecule has 0 amide bonds. The van der Waals surface area contributed by atoms with Gasteiger partial charge in [-0.3, -0.25) is 5.10 Å². The van der Waals surface area contributed by atoms with Gasteiger partial charge in [0.15, 0.2) is 4.47 Å². The van der Waals surface area contributed by atoms with Crippen molar-refractivity contribution < 1.29 is 9.53 Å². The molecule has 6 nitrogen and oxygen atoms in total. The molecule has 0 fully saturated rings. The monoisotopic (exact) mass is 348 g/mol. The van der Waals surface area contributed by atoms with Crippen molar-refractivity contribution in [2.24, 2.45) is 0 Å². The number of hydrogen-bond acceptors (Lipinski definition) is 6. The summed E-state index contributed by atoms with van der Waals surface area (Å²) in [6.45, 7) is 0.641. The second-order valence-corrected chi connectivity index (χ2v) is 6.37. The highest BCUT2D eigenvalue weighted by Gasteiger charge is 2.11. The fraction of sp³-hybridized carbons (Fsp3) is 0.133. The number of halogens is 1. The summed E-state index contributed by atoms with van der Waals surface area (Å²) in [5, 5.41) is 10.1. The summed E-state index contributed by atoms with van der Waals surface area (Å²) in [6, 6.07) is 9.42. The second-order valence-electron chi connectivity index (χ2n) is 4.67. The number of benzene rings is 1. The van der Waals surface area contributed by atoms with Crippen LogP contribution in [0.15, 0.2) is 36.5 Å². The fourth-order valence-corrected chi connectivity index (χ4v) is 2.94. The van der Waals surface area contributed by atoms with E-state index in [0.29, 0.717) is 22.4 Å². The van der Waals surface area contributed by atoms with Crippen LogP contribution in [0.25, 0.3) is 11.3 Å². The molecule has 2 aromatic heterocycles. The molecule has 2 heterocycles. The van der Waals surface area contributed by atoms with Crippen LogP contribution < -0.4 is 5.32 Å². The van der Waals surface area contributed by atoms with Crippen LogP contribution in [0.5, 0.6) is 0 Å². The quantitative estimate of drug-likeness (QED) is 0.689. The molecule has 23 heavy (non-hydrogen) atoms. The summed E-state index contributed by atoms with van der Waals surface area (Å²) in [7, 11) is 1.33. The van der Waals surface area contributed by atoms with Gasteiger partial charge in [0, 0.05) is 22.3 Å². The molecular formula is C15H13ClN4O2S. The lowest BCUT2D eigenvalue weighted by molar-refractivity contribution is 0.0594. The van der Waals surface area contributed by atoms with E-state index in [1.54, 1.807) is 12.3 Å². The number of anilines is 1. The Labute approximate surface area is 141 Å². The van der Waals surface area contributed by atoms with Crippen LogP contribution in [-0.2, 0) is 11.3 Å². The first-order chi connectivity index (χ1) is 11.2. The van der Waals surface area contributed by atoms with Gasteiger partial charge in [0.05, 0.1) is 19.3 Å². The van der Waals surface area contributed by atoms with Gasteiger partial charge in [-0.05, 0) is 18.2 Å². The molecule has 0 aliphatic rings.